The first-order valence-corrected chi connectivity index (χ1v) is 34.0. The molecular weight excluding hydrogens is 911 g/mol. The van der Waals surface area contributed by atoms with Gasteiger partial charge in [-0.2, -0.15) is 0 Å². The summed E-state index contributed by atoms with van der Waals surface area (Å²) < 4.78 is 5.49. The molecule has 0 aliphatic rings. The van der Waals surface area contributed by atoms with Crippen molar-refractivity contribution in [3.05, 3.63) is 12.2 Å². The topological polar surface area (TPSA) is 95.9 Å². The predicted octanol–water partition coefficient (Wildman–Crippen LogP) is 21.6. The fourth-order valence-electron chi connectivity index (χ4n) is 10.9. The number of ether oxygens (including phenoxy) is 1. The molecule has 74 heavy (non-hydrogen) atoms. The normalized spacial score (nSPS) is 12.5. The van der Waals surface area contributed by atoms with Gasteiger partial charge in [-0.15, -0.1) is 0 Å². The van der Waals surface area contributed by atoms with Gasteiger partial charge in [0.05, 0.1) is 25.4 Å². The average Bonchev–Trinajstić information content (AvgIpc) is 3.40. The maximum Gasteiger partial charge on any atom is 0.305 e. The van der Waals surface area contributed by atoms with E-state index in [1.165, 1.54) is 321 Å². The second-order valence-electron chi connectivity index (χ2n) is 23.5. The summed E-state index contributed by atoms with van der Waals surface area (Å²) in [5.41, 5.74) is 0. The number of amides is 1. The third kappa shape index (κ3) is 59.8. The summed E-state index contributed by atoms with van der Waals surface area (Å²) in [7, 11) is 0. The predicted molar refractivity (Wildman–Crippen MR) is 324 cm³/mol. The van der Waals surface area contributed by atoms with E-state index in [9.17, 15) is 19.8 Å². The van der Waals surface area contributed by atoms with Crippen LogP contribution in [0.1, 0.15) is 386 Å². The molecule has 440 valence electrons. The van der Waals surface area contributed by atoms with E-state index in [0.29, 0.717) is 19.4 Å². The van der Waals surface area contributed by atoms with E-state index in [4.69, 9.17) is 4.74 Å². The second-order valence-corrected chi connectivity index (χ2v) is 23.5. The van der Waals surface area contributed by atoms with Crippen LogP contribution in [0.25, 0.3) is 0 Å². The lowest BCUT2D eigenvalue weighted by molar-refractivity contribution is -0.143. The van der Waals surface area contributed by atoms with E-state index >= 15 is 0 Å². The van der Waals surface area contributed by atoms with Crippen molar-refractivity contribution in [2.45, 2.75) is 398 Å². The third-order valence-electron chi connectivity index (χ3n) is 16.1. The molecule has 0 radical (unpaired) electrons. The lowest BCUT2D eigenvalue weighted by Gasteiger charge is -2.20. The van der Waals surface area contributed by atoms with Crippen LogP contribution in [0, 0.1) is 0 Å². The minimum absolute atomic E-state index is 0.0226. The van der Waals surface area contributed by atoms with Gasteiger partial charge in [0.1, 0.15) is 0 Å². The van der Waals surface area contributed by atoms with Crippen LogP contribution < -0.4 is 5.32 Å². The summed E-state index contributed by atoms with van der Waals surface area (Å²) >= 11 is 0. The molecule has 0 bridgehead atoms. The first-order chi connectivity index (χ1) is 36.5. The zero-order chi connectivity index (χ0) is 53.6. The van der Waals surface area contributed by atoms with Crippen molar-refractivity contribution in [2.24, 2.45) is 0 Å². The van der Waals surface area contributed by atoms with Crippen molar-refractivity contribution in [3.63, 3.8) is 0 Å². The molecule has 0 heterocycles. The molecule has 6 nitrogen and oxygen atoms in total. The highest BCUT2D eigenvalue weighted by Crippen LogP contribution is 2.19. The van der Waals surface area contributed by atoms with Gasteiger partial charge < -0.3 is 20.3 Å². The van der Waals surface area contributed by atoms with Gasteiger partial charge in [-0.3, -0.25) is 9.59 Å². The zero-order valence-corrected chi connectivity index (χ0v) is 50.4. The van der Waals surface area contributed by atoms with Gasteiger partial charge in [-0.1, -0.05) is 353 Å². The fraction of sp³-hybridized carbons (Fsp3) is 0.941. The first kappa shape index (κ1) is 72.6. The number of esters is 1. The lowest BCUT2D eigenvalue weighted by atomic mass is 10.0. The molecule has 2 atom stereocenters. The Balaban J connectivity index is 3.32. The summed E-state index contributed by atoms with van der Waals surface area (Å²) in [6, 6.07) is -0.623. The highest BCUT2D eigenvalue weighted by atomic mass is 16.5. The van der Waals surface area contributed by atoms with Crippen LogP contribution in [0.3, 0.4) is 0 Å². The molecule has 0 saturated carbocycles. The molecule has 0 aliphatic heterocycles. The van der Waals surface area contributed by atoms with Gasteiger partial charge in [0.25, 0.3) is 0 Å². The number of carbonyl (C=O) groups excluding carboxylic acids is 2. The Morgan fingerprint density at radius 2 is 0.622 bits per heavy atom. The number of aliphatic hydroxyl groups is 2. The molecule has 0 aromatic carbocycles. The molecule has 0 aromatic heterocycles. The Bertz CT molecular complexity index is 1110. The Kier molecular flexibility index (Phi) is 62.9. The smallest absolute Gasteiger partial charge is 0.305 e. The largest absolute Gasteiger partial charge is 0.466 e. The zero-order valence-electron chi connectivity index (χ0n) is 50.4. The summed E-state index contributed by atoms with van der Waals surface area (Å²) in [6.45, 7) is 4.93. The van der Waals surface area contributed by atoms with Crippen LogP contribution in [0.2, 0.25) is 0 Å². The Morgan fingerprint density at radius 3 is 0.919 bits per heavy atom. The summed E-state index contributed by atoms with van der Waals surface area (Å²) in [5.74, 6) is -0.0393. The molecule has 0 aliphatic carbocycles. The molecule has 0 fully saturated rings. The van der Waals surface area contributed by atoms with Gasteiger partial charge >= 0.3 is 5.97 Å². The molecular formula is C68H133NO5. The third-order valence-corrected chi connectivity index (χ3v) is 16.1. The van der Waals surface area contributed by atoms with E-state index in [2.05, 4.69) is 19.2 Å². The van der Waals surface area contributed by atoms with Crippen LogP contribution in [0.4, 0.5) is 0 Å². The Morgan fingerprint density at radius 1 is 0.365 bits per heavy atom. The van der Waals surface area contributed by atoms with E-state index in [1.54, 1.807) is 6.08 Å². The molecule has 0 saturated heterocycles. The standard InChI is InChI=1S/C68H133NO5/c1-3-5-7-9-11-13-15-36-40-44-48-52-56-60-66(71)65(64-70)69-67(72)61-57-53-49-45-41-38-34-32-30-28-26-24-22-20-18-17-19-21-23-25-27-29-31-33-35-39-43-47-51-55-59-63-74-68(73)62-58-54-50-46-42-37-16-14-12-10-8-6-4-2/h56,60,65-66,70-71H,3-55,57-59,61-64H2,1-2H3,(H,69,72)/b60-56+. The Hall–Kier alpha value is -1.40. The van der Waals surface area contributed by atoms with E-state index in [-0.39, 0.29) is 18.5 Å². The number of aliphatic hydroxyl groups excluding tert-OH is 2. The first-order valence-electron chi connectivity index (χ1n) is 34.0. The van der Waals surface area contributed by atoms with Crippen molar-refractivity contribution < 1.29 is 24.5 Å². The van der Waals surface area contributed by atoms with Gasteiger partial charge in [-0.05, 0) is 32.1 Å². The van der Waals surface area contributed by atoms with E-state index in [1.807, 2.05) is 6.08 Å². The maximum atomic E-state index is 12.5. The molecule has 0 rings (SSSR count). The minimum atomic E-state index is -0.840. The maximum absolute atomic E-state index is 12.5. The number of carbonyl (C=O) groups is 2. The van der Waals surface area contributed by atoms with Crippen molar-refractivity contribution >= 4 is 11.9 Å². The summed E-state index contributed by atoms with van der Waals surface area (Å²) in [4.78, 5) is 24.5. The number of hydrogen-bond acceptors (Lipinski definition) is 5. The van der Waals surface area contributed by atoms with E-state index < -0.39 is 12.1 Å². The van der Waals surface area contributed by atoms with Gasteiger partial charge in [0.15, 0.2) is 0 Å². The number of rotatable bonds is 64. The number of unbranched alkanes of at least 4 members (excludes halogenated alkanes) is 53. The fourth-order valence-corrected chi connectivity index (χ4v) is 10.9. The highest BCUT2D eigenvalue weighted by Gasteiger charge is 2.18. The lowest BCUT2D eigenvalue weighted by Crippen LogP contribution is -2.45. The summed E-state index contributed by atoms with van der Waals surface area (Å²) in [5, 5.41) is 23.1. The van der Waals surface area contributed by atoms with Crippen LogP contribution in [-0.2, 0) is 14.3 Å². The highest BCUT2D eigenvalue weighted by molar-refractivity contribution is 5.76. The number of hydrogen-bond donors (Lipinski definition) is 3. The number of nitrogens with one attached hydrogen (secondary N) is 1. The Labute approximate surface area is 463 Å². The van der Waals surface area contributed by atoms with Crippen LogP contribution in [-0.4, -0.2) is 47.4 Å². The van der Waals surface area contributed by atoms with Gasteiger partial charge in [0, 0.05) is 12.8 Å². The monoisotopic (exact) mass is 1040 g/mol. The molecule has 2 unspecified atom stereocenters. The molecule has 1 amide bonds. The van der Waals surface area contributed by atoms with Crippen molar-refractivity contribution in [1.29, 1.82) is 0 Å². The number of allylic oxidation sites excluding steroid dienone is 1. The average molecular weight is 1040 g/mol. The van der Waals surface area contributed by atoms with Gasteiger partial charge in [-0.25, -0.2) is 0 Å². The SMILES string of the molecule is CCCCCCCCCCCCC/C=C/C(O)C(CO)NC(=O)CCCCCCCCCCCCCCCCCCCCCCCCCCCCCCCCCOC(=O)CCCCCCCCCCCCCCC. The molecule has 0 spiro atoms. The van der Waals surface area contributed by atoms with Crippen LogP contribution >= 0.6 is 0 Å². The molecule has 3 N–H and O–H groups in total. The van der Waals surface area contributed by atoms with Crippen molar-refractivity contribution in [1.82, 2.24) is 5.32 Å². The molecule has 0 aromatic rings. The second kappa shape index (κ2) is 64.1. The quantitative estimate of drug-likeness (QED) is 0.0320. The van der Waals surface area contributed by atoms with Crippen molar-refractivity contribution in [2.75, 3.05) is 13.2 Å². The van der Waals surface area contributed by atoms with Gasteiger partial charge in [0.2, 0.25) is 5.91 Å². The van der Waals surface area contributed by atoms with Crippen molar-refractivity contribution in [3.8, 4) is 0 Å². The van der Waals surface area contributed by atoms with Crippen LogP contribution in [0.5, 0.6) is 0 Å². The van der Waals surface area contributed by atoms with E-state index in [0.717, 1.165) is 38.5 Å². The summed E-state index contributed by atoms with van der Waals surface area (Å²) in [6.07, 6.45) is 78.6. The van der Waals surface area contributed by atoms with Crippen LogP contribution in [0.15, 0.2) is 12.2 Å². The minimum Gasteiger partial charge on any atom is -0.466 e. The molecule has 6 heteroatoms.